The summed E-state index contributed by atoms with van der Waals surface area (Å²) in [7, 11) is 0. The fraction of sp³-hybridized carbons (Fsp3) is 0. The smallest absolute Gasteiger partial charge is 0.298 e. The van der Waals surface area contributed by atoms with Crippen molar-refractivity contribution in [3.8, 4) is 44.7 Å². The number of nitrogens with zero attached hydrogens (tertiary/aromatic N) is 4. The largest absolute Gasteiger partial charge is 0.429 e. The fourth-order valence-corrected chi connectivity index (χ4v) is 5.78. The van der Waals surface area contributed by atoms with Gasteiger partial charge in [-0.05, 0) is 84.4 Å². The van der Waals surface area contributed by atoms with Crippen molar-refractivity contribution in [3.05, 3.63) is 120 Å². The number of pyridine rings is 3. The molecule has 6 aromatic rings. The van der Waals surface area contributed by atoms with Gasteiger partial charge in [-0.15, -0.1) is 11.3 Å². The van der Waals surface area contributed by atoms with Crippen LogP contribution in [-0.2, 0) is 9.59 Å². The average Bonchev–Trinajstić information content (AvgIpc) is 3.53. The summed E-state index contributed by atoms with van der Waals surface area (Å²) >= 11 is 14.0. The number of anilines is 3. The molecule has 0 aliphatic carbocycles. The van der Waals surface area contributed by atoms with Crippen molar-refractivity contribution in [3.63, 3.8) is 0 Å². The molecule has 0 spiro atoms. The van der Waals surface area contributed by atoms with Crippen LogP contribution in [0.2, 0.25) is 10.0 Å². The molecule has 0 unspecified atom stereocenters. The van der Waals surface area contributed by atoms with Crippen LogP contribution in [0.1, 0.15) is 0 Å². The molecule has 2 aromatic carbocycles. The van der Waals surface area contributed by atoms with E-state index >= 15 is 0 Å². The van der Waals surface area contributed by atoms with Gasteiger partial charge in [-0.1, -0.05) is 23.2 Å². The van der Waals surface area contributed by atoms with Crippen LogP contribution in [0.3, 0.4) is 0 Å². The van der Waals surface area contributed by atoms with Crippen LogP contribution < -0.4 is 14.4 Å². The van der Waals surface area contributed by atoms with Gasteiger partial charge in [-0.25, -0.2) is 4.98 Å². The molecule has 4 heterocycles. The van der Waals surface area contributed by atoms with Crippen molar-refractivity contribution in [2.45, 2.75) is 0 Å². The van der Waals surface area contributed by atoms with Crippen molar-refractivity contribution >= 4 is 63.9 Å². The molecule has 0 N–H and O–H groups in total. The molecule has 0 aliphatic rings. The lowest BCUT2D eigenvalue weighted by Gasteiger charge is -2.23. The highest BCUT2D eigenvalue weighted by molar-refractivity contribution is 7.19. The first kappa shape index (κ1) is 29.0. The number of halogens is 2. The molecule has 0 amide bonds. The van der Waals surface area contributed by atoms with Gasteiger partial charge in [0, 0.05) is 56.9 Å². The minimum atomic E-state index is 0.260. The van der Waals surface area contributed by atoms with Gasteiger partial charge in [-0.2, -0.15) is 0 Å². The Bertz CT molecular complexity index is 1900. The lowest BCUT2D eigenvalue weighted by Crippen LogP contribution is -2.07. The minimum Gasteiger partial charge on any atom is -0.429 e. The van der Waals surface area contributed by atoms with Crippen LogP contribution in [-0.4, -0.2) is 27.9 Å². The molecule has 0 aliphatic heterocycles. The lowest BCUT2D eigenvalue weighted by atomic mass is 10.1. The van der Waals surface area contributed by atoms with E-state index in [9.17, 15) is 9.59 Å². The molecule has 0 saturated carbocycles. The molecule has 0 saturated heterocycles. The van der Waals surface area contributed by atoms with E-state index in [1.165, 1.54) is 6.20 Å². The molecule has 216 valence electrons. The number of carbonyl (C=O) groups is 2. The molecule has 6 rings (SSSR count). The normalized spacial score (nSPS) is 10.7. The summed E-state index contributed by atoms with van der Waals surface area (Å²) in [6.07, 6.45) is 3.19. The van der Waals surface area contributed by atoms with Gasteiger partial charge in [0.25, 0.3) is 12.9 Å². The fourth-order valence-electron chi connectivity index (χ4n) is 4.48. The number of hydrogen-bond acceptors (Lipinski definition) is 9. The van der Waals surface area contributed by atoms with E-state index in [-0.39, 0.29) is 5.75 Å². The van der Waals surface area contributed by atoms with Gasteiger partial charge in [0.05, 0.1) is 22.8 Å². The van der Waals surface area contributed by atoms with Crippen LogP contribution in [0.4, 0.5) is 16.4 Å². The van der Waals surface area contributed by atoms with Crippen molar-refractivity contribution < 1.29 is 19.1 Å². The van der Waals surface area contributed by atoms with E-state index < -0.39 is 0 Å². The number of carbonyl (C=O) groups excluding carboxylic acids is 2. The van der Waals surface area contributed by atoms with E-state index in [1.54, 1.807) is 41.8 Å². The highest BCUT2D eigenvalue weighted by Gasteiger charge is 2.17. The van der Waals surface area contributed by atoms with E-state index in [0.29, 0.717) is 51.5 Å². The number of thiophene rings is 1. The van der Waals surface area contributed by atoms with E-state index in [2.05, 4.69) is 20.9 Å². The zero-order chi connectivity index (χ0) is 30.5. The first-order chi connectivity index (χ1) is 21.5. The molecular formula is C33H20Cl2N4O4S. The van der Waals surface area contributed by atoms with Crippen LogP contribution in [0.15, 0.2) is 109 Å². The Hall–Kier alpha value is -5.09. The van der Waals surface area contributed by atoms with Crippen LogP contribution in [0.25, 0.3) is 33.2 Å². The molecule has 0 fully saturated rings. The minimum absolute atomic E-state index is 0.260. The Balaban J connectivity index is 1.38. The Kier molecular flexibility index (Phi) is 8.60. The van der Waals surface area contributed by atoms with Gasteiger partial charge in [0.2, 0.25) is 0 Å². The lowest BCUT2D eigenvalue weighted by molar-refractivity contribution is -0.121. The second kappa shape index (κ2) is 13.0. The van der Waals surface area contributed by atoms with Crippen molar-refractivity contribution in [1.29, 1.82) is 0 Å². The summed E-state index contributed by atoms with van der Waals surface area (Å²) in [5.41, 5.74) is 4.66. The van der Waals surface area contributed by atoms with Gasteiger partial charge in [0.1, 0.15) is 16.5 Å². The van der Waals surface area contributed by atoms with Crippen LogP contribution in [0, 0.1) is 0 Å². The molecular weight excluding hydrogens is 619 g/mol. The van der Waals surface area contributed by atoms with Gasteiger partial charge < -0.3 is 14.4 Å². The maximum absolute atomic E-state index is 11.2. The third kappa shape index (κ3) is 6.45. The quantitative estimate of drug-likeness (QED) is 0.137. The SMILES string of the molecule is O=COc1ccnc(-c2cc(OC=O)cc(-c3cc(-c4ccc(N(c5ccc(Cl)cc5)c5ccc(Cl)cc5)s4)ccn3)n2)c1. The van der Waals surface area contributed by atoms with E-state index in [4.69, 9.17) is 37.7 Å². The summed E-state index contributed by atoms with van der Waals surface area (Å²) < 4.78 is 10.1. The summed E-state index contributed by atoms with van der Waals surface area (Å²) in [6, 6.07) is 29.5. The number of hydrogen-bond donors (Lipinski definition) is 0. The Labute approximate surface area is 266 Å². The predicted molar refractivity (Wildman–Crippen MR) is 172 cm³/mol. The average molecular weight is 640 g/mol. The maximum Gasteiger partial charge on any atom is 0.298 e. The number of benzene rings is 2. The van der Waals surface area contributed by atoms with Crippen LogP contribution >= 0.6 is 34.5 Å². The van der Waals surface area contributed by atoms with Gasteiger partial charge >= 0.3 is 0 Å². The van der Waals surface area contributed by atoms with E-state index in [0.717, 1.165) is 26.8 Å². The first-order valence-corrected chi connectivity index (χ1v) is 14.6. The maximum atomic E-state index is 11.2. The summed E-state index contributed by atoms with van der Waals surface area (Å²) in [5.74, 6) is 0.561. The topological polar surface area (TPSA) is 94.5 Å². The second-order valence-electron chi connectivity index (χ2n) is 9.23. The monoisotopic (exact) mass is 638 g/mol. The Morgan fingerprint density at radius 3 is 1.77 bits per heavy atom. The highest BCUT2D eigenvalue weighted by Crippen LogP contribution is 2.42. The van der Waals surface area contributed by atoms with Gasteiger partial charge in [0.15, 0.2) is 0 Å². The highest BCUT2D eigenvalue weighted by atomic mass is 35.5. The summed E-state index contributed by atoms with van der Waals surface area (Å²) in [5, 5.41) is 2.28. The Morgan fingerprint density at radius 2 is 1.16 bits per heavy atom. The van der Waals surface area contributed by atoms with E-state index in [1.807, 2.05) is 66.7 Å². The predicted octanol–water partition coefficient (Wildman–Crippen LogP) is 8.78. The number of rotatable bonds is 10. The Morgan fingerprint density at radius 1 is 0.614 bits per heavy atom. The number of aromatic nitrogens is 3. The zero-order valence-electron chi connectivity index (χ0n) is 22.6. The molecule has 4 aromatic heterocycles. The second-order valence-corrected chi connectivity index (χ2v) is 11.2. The molecule has 0 atom stereocenters. The summed E-state index contributed by atoms with van der Waals surface area (Å²) in [6.45, 7) is 0.672. The van der Waals surface area contributed by atoms with Gasteiger partial charge in [-0.3, -0.25) is 19.6 Å². The molecule has 8 nitrogen and oxygen atoms in total. The third-order valence-electron chi connectivity index (χ3n) is 6.45. The summed E-state index contributed by atoms with van der Waals surface area (Å²) in [4.78, 5) is 38.7. The molecule has 11 heteroatoms. The van der Waals surface area contributed by atoms with Crippen LogP contribution in [0.5, 0.6) is 11.5 Å². The van der Waals surface area contributed by atoms with Crippen molar-refractivity contribution in [2.75, 3.05) is 4.90 Å². The molecule has 44 heavy (non-hydrogen) atoms. The number of ether oxygens (including phenoxy) is 2. The van der Waals surface area contributed by atoms with Crippen molar-refractivity contribution in [2.24, 2.45) is 0 Å². The third-order valence-corrected chi connectivity index (χ3v) is 8.07. The molecule has 0 bridgehead atoms. The zero-order valence-corrected chi connectivity index (χ0v) is 25.0. The first-order valence-electron chi connectivity index (χ1n) is 13.1. The standard InChI is InChI=1S/C33H20Cl2N4O4S/c34-22-1-5-24(6-2-22)39(25-7-3-23(35)4-8-25)33-10-9-32(44-33)21-11-13-36-28(15-21)30-17-27(43-20-41)18-31(38-30)29-16-26(42-19-40)12-14-37-29/h1-20H. The molecule has 0 radical (unpaired) electrons. The van der Waals surface area contributed by atoms with Crippen molar-refractivity contribution in [1.82, 2.24) is 15.0 Å².